The maximum atomic E-state index is 9.17. The molecule has 0 radical (unpaired) electrons. The molecule has 0 bridgehead atoms. The van der Waals surface area contributed by atoms with Gasteiger partial charge in [-0.3, -0.25) is 4.68 Å². The van der Waals surface area contributed by atoms with E-state index < -0.39 is 0 Å². The lowest BCUT2D eigenvalue weighted by Crippen LogP contribution is -2.23. The average Bonchev–Trinajstić information content (AvgIpc) is 2.77. The van der Waals surface area contributed by atoms with Gasteiger partial charge < -0.3 is 16.2 Å². The smallest absolute Gasteiger partial charge is 0.223 e. The van der Waals surface area contributed by atoms with Crippen LogP contribution in [0.5, 0.6) is 0 Å². The van der Waals surface area contributed by atoms with Crippen LogP contribution in [0.3, 0.4) is 0 Å². The Hall–Kier alpha value is -2.15. The van der Waals surface area contributed by atoms with Crippen molar-refractivity contribution < 1.29 is 5.11 Å². The molecule has 7 nitrogen and oxygen atoms in total. The summed E-state index contributed by atoms with van der Waals surface area (Å²) < 4.78 is 1.59. The highest BCUT2D eigenvalue weighted by Gasteiger charge is 2.11. The van der Waals surface area contributed by atoms with Crippen molar-refractivity contribution in [3.05, 3.63) is 18.5 Å². The van der Waals surface area contributed by atoms with Crippen LogP contribution >= 0.6 is 0 Å². The fourth-order valence-electron chi connectivity index (χ4n) is 1.68. The zero-order valence-corrected chi connectivity index (χ0v) is 11.0. The topological polar surface area (TPSA) is 102 Å². The quantitative estimate of drug-likeness (QED) is 0.731. The highest BCUT2D eigenvalue weighted by molar-refractivity contribution is 5.70. The first-order valence-electron chi connectivity index (χ1n) is 6.14. The van der Waals surface area contributed by atoms with Gasteiger partial charge in [0.1, 0.15) is 5.82 Å². The molecule has 0 saturated carbocycles. The lowest BCUT2D eigenvalue weighted by Gasteiger charge is -2.14. The summed E-state index contributed by atoms with van der Waals surface area (Å²) in [6.45, 7) is 2.02. The second-order valence-electron chi connectivity index (χ2n) is 4.26. The molecule has 2 rings (SSSR count). The van der Waals surface area contributed by atoms with Crippen LogP contribution < -0.4 is 11.1 Å². The fraction of sp³-hybridized carbons (Fsp3) is 0.417. The number of nitrogens with zero attached hydrogens (tertiary/aromatic N) is 4. The van der Waals surface area contributed by atoms with E-state index in [0.717, 1.165) is 12.0 Å². The molecule has 102 valence electrons. The highest BCUT2D eigenvalue weighted by Crippen LogP contribution is 2.23. The van der Waals surface area contributed by atoms with Gasteiger partial charge in [-0.1, -0.05) is 6.92 Å². The Labute approximate surface area is 111 Å². The molecule has 0 spiro atoms. The Morgan fingerprint density at radius 3 is 2.89 bits per heavy atom. The first-order chi connectivity index (χ1) is 9.15. The van der Waals surface area contributed by atoms with Gasteiger partial charge in [0.2, 0.25) is 5.95 Å². The molecule has 2 aromatic heterocycles. The molecule has 19 heavy (non-hydrogen) atoms. The van der Waals surface area contributed by atoms with Gasteiger partial charge >= 0.3 is 0 Å². The third kappa shape index (κ3) is 2.82. The molecule has 1 atom stereocenters. The van der Waals surface area contributed by atoms with E-state index in [4.69, 9.17) is 10.8 Å². The summed E-state index contributed by atoms with van der Waals surface area (Å²) in [4.78, 5) is 8.52. The Morgan fingerprint density at radius 2 is 2.32 bits per heavy atom. The number of hydrogen-bond donors (Lipinski definition) is 3. The summed E-state index contributed by atoms with van der Waals surface area (Å²) in [5.74, 6) is 1.03. The summed E-state index contributed by atoms with van der Waals surface area (Å²) in [6.07, 6.45) is 4.12. The second-order valence-corrected chi connectivity index (χ2v) is 4.26. The summed E-state index contributed by atoms with van der Waals surface area (Å²) in [6, 6.07) is 1.72. The van der Waals surface area contributed by atoms with Crippen LogP contribution in [0.25, 0.3) is 11.3 Å². The largest absolute Gasteiger partial charge is 0.394 e. The Bertz CT molecular complexity index is 549. The maximum Gasteiger partial charge on any atom is 0.223 e. The van der Waals surface area contributed by atoms with Crippen molar-refractivity contribution in [3.8, 4) is 11.3 Å². The van der Waals surface area contributed by atoms with Gasteiger partial charge in [-0.2, -0.15) is 5.10 Å². The van der Waals surface area contributed by atoms with Gasteiger partial charge in [-0.05, 0) is 12.5 Å². The van der Waals surface area contributed by atoms with E-state index in [0.29, 0.717) is 17.5 Å². The monoisotopic (exact) mass is 262 g/mol. The molecule has 1 unspecified atom stereocenters. The first kappa shape index (κ1) is 13.3. The number of nitrogen functional groups attached to an aromatic ring is 1. The van der Waals surface area contributed by atoms with Gasteiger partial charge in [0.15, 0.2) is 0 Å². The van der Waals surface area contributed by atoms with Crippen molar-refractivity contribution in [1.82, 2.24) is 19.7 Å². The van der Waals surface area contributed by atoms with Crippen molar-refractivity contribution in [3.63, 3.8) is 0 Å². The number of aryl methyl sites for hydroxylation is 1. The number of rotatable bonds is 5. The molecule has 0 aliphatic rings. The molecule has 0 fully saturated rings. The van der Waals surface area contributed by atoms with Crippen LogP contribution in [0.1, 0.15) is 13.3 Å². The lowest BCUT2D eigenvalue weighted by atomic mass is 10.2. The number of aromatic nitrogens is 4. The zero-order chi connectivity index (χ0) is 13.8. The molecule has 4 N–H and O–H groups in total. The minimum atomic E-state index is -0.0542. The number of hydrogen-bond acceptors (Lipinski definition) is 6. The van der Waals surface area contributed by atoms with Gasteiger partial charge in [0.25, 0.3) is 0 Å². The third-order valence-electron chi connectivity index (χ3n) is 2.96. The van der Waals surface area contributed by atoms with Gasteiger partial charge in [-0.25, -0.2) is 9.97 Å². The number of nitrogens with one attached hydrogen (secondary N) is 1. The summed E-state index contributed by atoms with van der Waals surface area (Å²) in [7, 11) is 1.78. The van der Waals surface area contributed by atoms with Crippen molar-refractivity contribution in [2.75, 3.05) is 17.7 Å². The summed E-state index contributed by atoms with van der Waals surface area (Å²) in [5.41, 5.74) is 7.39. The van der Waals surface area contributed by atoms with E-state index in [2.05, 4.69) is 20.4 Å². The second kappa shape index (κ2) is 5.66. The molecule has 7 heteroatoms. The van der Waals surface area contributed by atoms with E-state index in [-0.39, 0.29) is 12.6 Å². The van der Waals surface area contributed by atoms with Gasteiger partial charge in [0, 0.05) is 13.2 Å². The van der Waals surface area contributed by atoms with Crippen LogP contribution in [0.15, 0.2) is 18.5 Å². The number of aliphatic hydroxyl groups excluding tert-OH is 1. The van der Waals surface area contributed by atoms with E-state index in [1.54, 1.807) is 30.2 Å². The standard InChI is InChI=1S/C12H18N6O/c1-3-8(7-19)16-12-14-5-4-10(17-12)9-6-15-18(2)11(9)13/h4-6,8,19H,3,7,13H2,1-2H3,(H,14,16,17). The number of aliphatic hydroxyl groups is 1. The van der Waals surface area contributed by atoms with E-state index in [9.17, 15) is 0 Å². The Morgan fingerprint density at radius 1 is 1.53 bits per heavy atom. The average molecular weight is 262 g/mol. The number of nitrogens with two attached hydrogens (primary N) is 1. The molecule has 0 aliphatic heterocycles. The lowest BCUT2D eigenvalue weighted by molar-refractivity contribution is 0.271. The van der Waals surface area contributed by atoms with E-state index in [1.807, 2.05) is 6.92 Å². The summed E-state index contributed by atoms with van der Waals surface area (Å²) in [5, 5.41) is 16.3. The maximum absolute atomic E-state index is 9.17. The predicted molar refractivity (Wildman–Crippen MR) is 73.4 cm³/mol. The van der Waals surface area contributed by atoms with Gasteiger partial charge in [-0.15, -0.1) is 0 Å². The zero-order valence-electron chi connectivity index (χ0n) is 11.0. The minimum absolute atomic E-state index is 0.0408. The molecule has 0 aromatic carbocycles. The molecule has 0 amide bonds. The van der Waals surface area contributed by atoms with Crippen LogP contribution in [0.2, 0.25) is 0 Å². The Balaban J connectivity index is 2.27. The molecular weight excluding hydrogens is 244 g/mol. The Kier molecular flexibility index (Phi) is 3.96. The van der Waals surface area contributed by atoms with Crippen LogP contribution in [-0.4, -0.2) is 37.5 Å². The van der Waals surface area contributed by atoms with Crippen molar-refractivity contribution in [1.29, 1.82) is 0 Å². The first-order valence-corrected chi connectivity index (χ1v) is 6.14. The molecule has 0 saturated heterocycles. The van der Waals surface area contributed by atoms with Crippen molar-refractivity contribution in [2.24, 2.45) is 7.05 Å². The molecule has 2 aromatic rings. The van der Waals surface area contributed by atoms with Crippen LogP contribution in [0.4, 0.5) is 11.8 Å². The normalized spacial score (nSPS) is 12.4. The van der Waals surface area contributed by atoms with E-state index in [1.165, 1.54) is 0 Å². The van der Waals surface area contributed by atoms with E-state index >= 15 is 0 Å². The van der Waals surface area contributed by atoms with Crippen LogP contribution in [0, 0.1) is 0 Å². The van der Waals surface area contributed by atoms with Crippen molar-refractivity contribution in [2.45, 2.75) is 19.4 Å². The predicted octanol–water partition coefficient (Wildman–Crippen LogP) is 0.642. The van der Waals surface area contributed by atoms with Crippen LogP contribution in [-0.2, 0) is 7.05 Å². The number of anilines is 2. The summed E-state index contributed by atoms with van der Waals surface area (Å²) >= 11 is 0. The minimum Gasteiger partial charge on any atom is -0.394 e. The highest BCUT2D eigenvalue weighted by atomic mass is 16.3. The molecule has 0 aliphatic carbocycles. The molecule has 2 heterocycles. The molecular formula is C12H18N6O. The third-order valence-corrected chi connectivity index (χ3v) is 2.96. The SMILES string of the molecule is CCC(CO)Nc1nccc(-c2cnn(C)c2N)n1. The fourth-order valence-corrected chi connectivity index (χ4v) is 1.68. The van der Waals surface area contributed by atoms with Crippen molar-refractivity contribution >= 4 is 11.8 Å². The van der Waals surface area contributed by atoms with Gasteiger partial charge in [0.05, 0.1) is 30.1 Å².